The number of hydrogen-bond acceptors (Lipinski definition) is 2. The minimum Gasteiger partial charge on any atom is -0.398 e. The van der Waals surface area contributed by atoms with Crippen LogP contribution in [-0.4, -0.2) is 5.91 Å². The van der Waals surface area contributed by atoms with Crippen molar-refractivity contribution in [3.05, 3.63) is 59.9 Å². The Morgan fingerprint density at radius 3 is 2.50 bits per heavy atom. The van der Waals surface area contributed by atoms with Crippen LogP contribution in [0.4, 0.5) is 15.8 Å². The van der Waals surface area contributed by atoms with Crippen molar-refractivity contribution in [3.63, 3.8) is 0 Å². The standard InChI is InChI=1S/C14H13FN2O/c15-11-6-2-4-8-13(11)17-14(18)9-10-5-1-3-7-12(10)16/h1-8H,9,16H2,(H,17,18). The number of nitrogens with one attached hydrogen (secondary N) is 1. The van der Waals surface area contributed by atoms with E-state index in [0.29, 0.717) is 5.69 Å². The molecule has 0 atom stereocenters. The molecule has 4 heteroatoms. The first-order chi connectivity index (χ1) is 8.66. The Labute approximate surface area is 104 Å². The van der Waals surface area contributed by atoms with E-state index in [-0.39, 0.29) is 18.0 Å². The van der Waals surface area contributed by atoms with Gasteiger partial charge in [-0.1, -0.05) is 30.3 Å². The van der Waals surface area contributed by atoms with Gasteiger partial charge in [0.2, 0.25) is 5.91 Å². The van der Waals surface area contributed by atoms with Gasteiger partial charge in [0.25, 0.3) is 0 Å². The number of nitrogens with two attached hydrogens (primary N) is 1. The van der Waals surface area contributed by atoms with E-state index in [1.807, 2.05) is 6.07 Å². The Hall–Kier alpha value is -2.36. The van der Waals surface area contributed by atoms with Gasteiger partial charge in [-0.15, -0.1) is 0 Å². The van der Waals surface area contributed by atoms with Crippen molar-refractivity contribution in [2.75, 3.05) is 11.1 Å². The van der Waals surface area contributed by atoms with E-state index >= 15 is 0 Å². The minimum atomic E-state index is -0.452. The Morgan fingerprint density at radius 2 is 1.78 bits per heavy atom. The van der Waals surface area contributed by atoms with Crippen molar-refractivity contribution >= 4 is 17.3 Å². The molecule has 0 heterocycles. The molecule has 0 aliphatic carbocycles. The third-order valence-electron chi connectivity index (χ3n) is 2.55. The molecule has 92 valence electrons. The highest BCUT2D eigenvalue weighted by Gasteiger charge is 2.08. The van der Waals surface area contributed by atoms with E-state index in [0.717, 1.165) is 5.56 Å². The monoisotopic (exact) mass is 244 g/mol. The maximum atomic E-state index is 13.3. The van der Waals surface area contributed by atoms with Crippen molar-refractivity contribution in [2.24, 2.45) is 0 Å². The average Bonchev–Trinajstić information content (AvgIpc) is 2.35. The molecule has 2 rings (SSSR count). The summed E-state index contributed by atoms with van der Waals surface area (Å²) in [5.41, 5.74) is 7.20. The lowest BCUT2D eigenvalue weighted by Gasteiger charge is -2.07. The third kappa shape index (κ3) is 2.85. The number of rotatable bonds is 3. The molecule has 2 aromatic rings. The number of hydrogen-bond donors (Lipinski definition) is 2. The second kappa shape index (κ2) is 5.31. The van der Waals surface area contributed by atoms with Gasteiger partial charge in [-0.3, -0.25) is 4.79 Å². The van der Waals surface area contributed by atoms with Gasteiger partial charge in [0.1, 0.15) is 5.82 Å². The number of nitrogen functional groups attached to an aromatic ring is 1. The van der Waals surface area contributed by atoms with E-state index < -0.39 is 5.82 Å². The first kappa shape index (κ1) is 12.1. The smallest absolute Gasteiger partial charge is 0.228 e. The zero-order valence-corrected chi connectivity index (χ0v) is 9.69. The van der Waals surface area contributed by atoms with Crippen LogP contribution in [0.15, 0.2) is 48.5 Å². The van der Waals surface area contributed by atoms with Crippen LogP contribution in [0.5, 0.6) is 0 Å². The van der Waals surface area contributed by atoms with Gasteiger partial charge in [-0.2, -0.15) is 0 Å². The highest BCUT2D eigenvalue weighted by atomic mass is 19.1. The second-order valence-electron chi connectivity index (χ2n) is 3.90. The van der Waals surface area contributed by atoms with Crippen LogP contribution in [0.2, 0.25) is 0 Å². The zero-order valence-electron chi connectivity index (χ0n) is 9.69. The summed E-state index contributed by atoms with van der Waals surface area (Å²) in [6.07, 6.45) is 0.126. The lowest BCUT2D eigenvalue weighted by molar-refractivity contribution is -0.115. The minimum absolute atomic E-state index is 0.126. The van der Waals surface area contributed by atoms with Crippen molar-refractivity contribution in [3.8, 4) is 0 Å². The quantitative estimate of drug-likeness (QED) is 0.815. The molecule has 0 aliphatic rings. The van der Waals surface area contributed by atoms with Gasteiger partial charge >= 0.3 is 0 Å². The zero-order chi connectivity index (χ0) is 13.0. The molecule has 0 unspecified atom stereocenters. The van der Waals surface area contributed by atoms with Crippen LogP contribution < -0.4 is 11.1 Å². The number of amides is 1. The molecule has 1 amide bonds. The lowest BCUT2D eigenvalue weighted by Crippen LogP contribution is -2.16. The number of carbonyl (C=O) groups is 1. The van der Waals surface area contributed by atoms with Crippen LogP contribution in [0, 0.1) is 5.82 Å². The highest BCUT2D eigenvalue weighted by molar-refractivity contribution is 5.93. The average molecular weight is 244 g/mol. The summed E-state index contributed by atoms with van der Waals surface area (Å²) in [7, 11) is 0. The molecule has 0 saturated carbocycles. The first-order valence-electron chi connectivity index (χ1n) is 5.54. The fraction of sp³-hybridized carbons (Fsp3) is 0.0714. The van der Waals surface area contributed by atoms with Crippen molar-refractivity contribution in [2.45, 2.75) is 6.42 Å². The topological polar surface area (TPSA) is 55.1 Å². The molecular weight excluding hydrogens is 231 g/mol. The van der Waals surface area contributed by atoms with E-state index in [2.05, 4.69) is 5.32 Å². The molecule has 18 heavy (non-hydrogen) atoms. The fourth-order valence-electron chi connectivity index (χ4n) is 1.63. The summed E-state index contributed by atoms with van der Waals surface area (Å²) in [6.45, 7) is 0. The van der Waals surface area contributed by atoms with Gasteiger partial charge < -0.3 is 11.1 Å². The van der Waals surface area contributed by atoms with Gasteiger partial charge in [0, 0.05) is 5.69 Å². The van der Waals surface area contributed by atoms with Crippen LogP contribution in [0.25, 0.3) is 0 Å². The second-order valence-corrected chi connectivity index (χ2v) is 3.90. The maximum absolute atomic E-state index is 13.3. The van der Waals surface area contributed by atoms with Crippen LogP contribution >= 0.6 is 0 Å². The molecule has 0 radical (unpaired) electrons. The molecule has 0 fully saturated rings. The first-order valence-corrected chi connectivity index (χ1v) is 5.54. The Morgan fingerprint density at radius 1 is 1.11 bits per heavy atom. The number of halogens is 1. The molecule has 0 spiro atoms. The largest absolute Gasteiger partial charge is 0.398 e. The van der Waals surface area contributed by atoms with Crippen molar-refractivity contribution in [1.29, 1.82) is 0 Å². The van der Waals surface area contributed by atoms with E-state index in [1.54, 1.807) is 30.3 Å². The Bertz CT molecular complexity index is 520. The van der Waals surface area contributed by atoms with Gasteiger partial charge in [0.05, 0.1) is 12.1 Å². The molecule has 0 saturated heterocycles. The number of para-hydroxylation sites is 2. The summed E-state index contributed by atoms with van der Waals surface area (Å²) in [5, 5.41) is 2.52. The molecule has 3 nitrogen and oxygen atoms in total. The van der Waals surface area contributed by atoms with Crippen molar-refractivity contribution < 1.29 is 9.18 Å². The molecule has 0 aliphatic heterocycles. The summed E-state index contributed by atoms with van der Waals surface area (Å²) in [5.74, 6) is -0.745. The normalized spacial score (nSPS) is 10.1. The molecule has 2 aromatic carbocycles. The third-order valence-corrected chi connectivity index (χ3v) is 2.55. The molecule has 3 N–H and O–H groups in total. The number of anilines is 2. The lowest BCUT2D eigenvalue weighted by atomic mass is 10.1. The van der Waals surface area contributed by atoms with Crippen LogP contribution in [0.3, 0.4) is 0 Å². The van der Waals surface area contributed by atoms with E-state index in [4.69, 9.17) is 5.73 Å². The maximum Gasteiger partial charge on any atom is 0.228 e. The SMILES string of the molecule is Nc1ccccc1CC(=O)Nc1ccccc1F. The molecule has 0 bridgehead atoms. The predicted molar refractivity (Wildman–Crippen MR) is 69.6 cm³/mol. The molecule has 0 aromatic heterocycles. The molecular formula is C14H13FN2O. The van der Waals surface area contributed by atoms with E-state index in [1.165, 1.54) is 12.1 Å². The van der Waals surface area contributed by atoms with Gasteiger partial charge in [-0.25, -0.2) is 4.39 Å². The summed E-state index contributed by atoms with van der Waals surface area (Å²) >= 11 is 0. The Balaban J connectivity index is 2.06. The number of benzene rings is 2. The van der Waals surface area contributed by atoms with Crippen molar-refractivity contribution in [1.82, 2.24) is 0 Å². The summed E-state index contributed by atoms with van der Waals surface area (Å²) in [4.78, 5) is 11.8. The van der Waals surface area contributed by atoms with Crippen LogP contribution in [-0.2, 0) is 11.2 Å². The van der Waals surface area contributed by atoms with Gasteiger partial charge in [-0.05, 0) is 23.8 Å². The highest BCUT2D eigenvalue weighted by Crippen LogP contribution is 2.15. The predicted octanol–water partition coefficient (Wildman–Crippen LogP) is 2.59. The Kier molecular flexibility index (Phi) is 3.57. The van der Waals surface area contributed by atoms with E-state index in [9.17, 15) is 9.18 Å². The summed E-state index contributed by atoms with van der Waals surface area (Å²) in [6, 6.07) is 13.2. The van der Waals surface area contributed by atoms with Crippen LogP contribution in [0.1, 0.15) is 5.56 Å². The fourth-order valence-corrected chi connectivity index (χ4v) is 1.63. The summed E-state index contributed by atoms with van der Waals surface area (Å²) < 4.78 is 13.3. The van der Waals surface area contributed by atoms with Gasteiger partial charge in [0.15, 0.2) is 0 Å². The number of carbonyl (C=O) groups excluding carboxylic acids is 1.